The maximum absolute atomic E-state index is 10.2. The van der Waals surface area contributed by atoms with E-state index in [1.165, 1.54) is 18.2 Å². The van der Waals surface area contributed by atoms with Crippen molar-refractivity contribution in [2.45, 2.75) is 4.90 Å². The standard InChI is InChI=1S/C7H3N2O2S/c8-5-12-7-3-1-6(2-4-7)9(10)11/h1,3-4H. The number of nitrogens with zero attached hydrogens (tertiary/aromatic N) is 2. The van der Waals surface area contributed by atoms with E-state index < -0.39 is 4.92 Å². The molecule has 0 N–H and O–H groups in total. The number of non-ortho nitro benzene ring substituents is 1. The Morgan fingerprint density at radius 1 is 1.67 bits per heavy atom. The van der Waals surface area contributed by atoms with E-state index >= 15 is 0 Å². The third-order valence-electron chi connectivity index (χ3n) is 1.13. The van der Waals surface area contributed by atoms with Crippen LogP contribution in [0.1, 0.15) is 0 Å². The zero-order chi connectivity index (χ0) is 8.97. The van der Waals surface area contributed by atoms with Crippen LogP contribution in [-0.2, 0) is 0 Å². The molecule has 0 aromatic heterocycles. The average Bonchev–Trinajstić information content (AvgIpc) is 2.06. The van der Waals surface area contributed by atoms with Gasteiger partial charge in [0, 0.05) is 11.0 Å². The zero-order valence-electron chi connectivity index (χ0n) is 5.85. The predicted octanol–water partition coefficient (Wildman–Crippen LogP) is 1.97. The minimum absolute atomic E-state index is 0.0858. The SMILES string of the molecule is N#CSc1c[c]c([N+](=O)[O-])cc1. The molecule has 0 aliphatic rings. The molecular formula is C7H3N2O2S. The van der Waals surface area contributed by atoms with Gasteiger partial charge in [-0.1, -0.05) is 0 Å². The van der Waals surface area contributed by atoms with Crippen LogP contribution in [-0.4, -0.2) is 4.92 Å². The molecule has 1 radical (unpaired) electrons. The minimum atomic E-state index is -0.527. The first kappa shape index (κ1) is 8.56. The molecule has 12 heavy (non-hydrogen) atoms. The third kappa shape index (κ3) is 1.97. The number of hydrogen-bond donors (Lipinski definition) is 0. The van der Waals surface area contributed by atoms with Crippen LogP contribution in [0.15, 0.2) is 23.1 Å². The number of nitriles is 1. The lowest BCUT2D eigenvalue weighted by Gasteiger charge is -1.91. The van der Waals surface area contributed by atoms with Crippen LogP contribution in [0, 0.1) is 26.8 Å². The highest BCUT2D eigenvalue weighted by atomic mass is 32.2. The molecular weight excluding hydrogens is 176 g/mol. The van der Waals surface area contributed by atoms with Crippen molar-refractivity contribution < 1.29 is 4.92 Å². The molecule has 1 aromatic rings. The zero-order valence-corrected chi connectivity index (χ0v) is 6.67. The molecule has 1 rings (SSSR count). The van der Waals surface area contributed by atoms with E-state index in [1.54, 1.807) is 0 Å². The Bertz CT molecular complexity index is 328. The lowest BCUT2D eigenvalue weighted by molar-refractivity contribution is -0.385. The van der Waals surface area contributed by atoms with Gasteiger partial charge in [-0.25, -0.2) is 0 Å². The molecule has 0 atom stereocenters. The Morgan fingerprint density at radius 3 is 2.83 bits per heavy atom. The highest BCUT2D eigenvalue weighted by Gasteiger charge is 2.03. The molecule has 0 heterocycles. The largest absolute Gasteiger partial charge is 0.277 e. The Morgan fingerprint density at radius 2 is 2.42 bits per heavy atom. The number of rotatable bonds is 2. The van der Waals surface area contributed by atoms with Crippen molar-refractivity contribution in [2.75, 3.05) is 0 Å². The first-order chi connectivity index (χ1) is 5.74. The molecule has 0 saturated heterocycles. The summed E-state index contributed by atoms with van der Waals surface area (Å²) in [4.78, 5) is 10.3. The molecule has 0 unspecified atom stereocenters. The van der Waals surface area contributed by atoms with Gasteiger partial charge in [0.2, 0.25) is 0 Å². The first-order valence-corrected chi connectivity index (χ1v) is 3.78. The van der Waals surface area contributed by atoms with Gasteiger partial charge in [0.15, 0.2) is 0 Å². The van der Waals surface area contributed by atoms with Gasteiger partial charge >= 0.3 is 0 Å². The maximum atomic E-state index is 10.2. The van der Waals surface area contributed by atoms with E-state index in [4.69, 9.17) is 5.26 Å². The van der Waals surface area contributed by atoms with Gasteiger partial charge in [-0.05, 0) is 23.9 Å². The highest BCUT2D eigenvalue weighted by Crippen LogP contribution is 2.19. The summed E-state index contributed by atoms with van der Waals surface area (Å²) < 4.78 is 0. The first-order valence-electron chi connectivity index (χ1n) is 2.96. The van der Waals surface area contributed by atoms with Crippen molar-refractivity contribution in [3.05, 3.63) is 34.4 Å². The van der Waals surface area contributed by atoms with Crippen LogP contribution in [0.2, 0.25) is 0 Å². The molecule has 0 amide bonds. The van der Waals surface area contributed by atoms with Gasteiger partial charge in [0.25, 0.3) is 5.69 Å². The van der Waals surface area contributed by atoms with Crippen LogP contribution in [0.3, 0.4) is 0 Å². The van der Waals surface area contributed by atoms with Crippen molar-refractivity contribution in [1.29, 1.82) is 5.26 Å². The second kappa shape index (κ2) is 3.74. The highest BCUT2D eigenvalue weighted by molar-refractivity contribution is 8.03. The molecule has 0 saturated carbocycles. The molecule has 5 heteroatoms. The normalized spacial score (nSPS) is 8.92. The van der Waals surface area contributed by atoms with Crippen LogP contribution >= 0.6 is 11.8 Å². The minimum Gasteiger partial charge on any atom is -0.258 e. The van der Waals surface area contributed by atoms with Gasteiger partial charge in [0.05, 0.1) is 11.0 Å². The number of thioether (sulfide) groups is 1. The second-order valence-corrected chi connectivity index (χ2v) is 2.72. The van der Waals surface area contributed by atoms with E-state index in [0.717, 1.165) is 11.8 Å². The fourth-order valence-electron chi connectivity index (χ4n) is 0.632. The fourth-order valence-corrected chi connectivity index (χ4v) is 0.991. The summed E-state index contributed by atoms with van der Waals surface area (Å²) in [5.41, 5.74) is -0.0858. The van der Waals surface area contributed by atoms with Gasteiger partial charge in [0.1, 0.15) is 5.40 Å². The summed E-state index contributed by atoms with van der Waals surface area (Å²) in [5, 5.41) is 20.3. The second-order valence-electron chi connectivity index (χ2n) is 1.86. The monoisotopic (exact) mass is 179 g/mol. The smallest absolute Gasteiger partial charge is 0.258 e. The van der Waals surface area contributed by atoms with Gasteiger partial charge in [-0.2, -0.15) is 5.26 Å². The average molecular weight is 179 g/mol. The summed E-state index contributed by atoms with van der Waals surface area (Å²) in [5.74, 6) is 0. The van der Waals surface area contributed by atoms with E-state index in [-0.39, 0.29) is 5.69 Å². The summed E-state index contributed by atoms with van der Waals surface area (Å²) >= 11 is 0.947. The van der Waals surface area contributed by atoms with Crippen LogP contribution in [0.25, 0.3) is 0 Å². The Balaban J connectivity index is 2.87. The molecule has 0 aliphatic carbocycles. The quantitative estimate of drug-likeness (QED) is 0.301. The molecule has 1 aromatic carbocycles. The summed E-state index contributed by atoms with van der Waals surface area (Å²) in [6.07, 6.45) is 0. The summed E-state index contributed by atoms with van der Waals surface area (Å²) in [6.45, 7) is 0. The van der Waals surface area contributed by atoms with Crippen molar-refractivity contribution in [3.8, 4) is 5.40 Å². The summed E-state index contributed by atoms with van der Waals surface area (Å²) in [6, 6.07) is 6.71. The lowest BCUT2D eigenvalue weighted by Crippen LogP contribution is -1.86. The van der Waals surface area contributed by atoms with E-state index in [1.807, 2.05) is 5.40 Å². The molecule has 4 nitrogen and oxygen atoms in total. The summed E-state index contributed by atoms with van der Waals surface area (Å²) in [7, 11) is 0. The number of thiocyanates is 1. The van der Waals surface area contributed by atoms with Gasteiger partial charge < -0.3 is 0 Å². The van der Waals surface area contributed by atoms with Crippen LogP contribution < -0.4 is 0 Å². The van der Waals surface area contributed by atoms with Gasteiger partial charge in [-0.15, -0.1) is 0 Å². The van der Waals surface area contributed by atoms with Gasteiger partial charge in [-0.3, -0.25) is 10.1 Å². The van der Waals surface area contributed by atoms with Crippen molar-refractivity contribution in [3.63, 3.8) is 0 Å². The van der Waals surface area contributed by atoms with E-state index in [9.17, 15) is 10.1 Å². The number of nitro benzene ring substituents is 1. The molecule has 59 valence electrons. The Labute approximate surface area is 73.0 Å². The van der Waals surface area contributed by atoms with Crippen LogP contribution in [0.4, 0.5) is 5.69 Å². The van der Waals surface area contributed by atoms with Crippen molar-refractivity contribution in [1.82, 2.24) is 0 Å². The van der Waals surface area contributed by atoms with E-state index in [2.05, 4.69) is 6.07 Å². The van der Waals surface area contributed by atoms with Crippen LogP contribution in [0.5, 0.6) is 0 Å². The number of benzene rings is 1. The van der Waals surface area contributed by atoms with Crippen molar-refractivity contribution in [2.24, 2.45) is 0 Å². The van der Waals surface area contributed by atoms with E-state index in [0.29, 0.717) is 4.90 Å². The Kier molecular flexibility index (Phi) is 2.66. The maximum Gasteiger partial charge on any atom is 0.277 e. The lowest BCUT2D eigenvalue weighted by atomic mass is 10.3. The molecule has 0 spiro atoms. The third-order valence-corrected chi connectivity index (χ3v) is 1.71. The Hall–Kier alpha value is -1.54. The predicted molar refractivity (Wildman–Crippen MR) is 43.4 cm³/mol. The molecule has 0 bridgehead atoms. The number of nitro groups is 1. The topological polar surface area (TPSA) is 66.9 Å². The fraction of sp³-hybridized carbons (Fsp3) is 0. The number of hydrogen-bond acceptors (Lipinski definition) is 4. The molecule has 0 aliphatic heterocycles. The van der Waals surface area contributed by atoms with Crippen molar-refractivity contribution >= 4 is 17.4 Å². The molecule has 0 fully saturated rings.